The third-order valence-corrected chi connectivity index (χ3v) is 3.26. The van der Waals surface area contributed by atoms with Gasteiger partial charge in [0.25, 0.3) is 5.91 Å². The fraction of sp³-hybridized carbons (Fsp3) is 0.429. The predicted molar refractivity (Wildman–Crippen MR) is 71.0 cm³/mol. The SMILES string of the molecule is COc1cccc(C(=O)N(CCC(=O)O)C2CC2)c1O. The molecule has 108 valence electrons. The maximum Gasteiger partial charge on any atom is 0.305 e. The molecule has 6 nitrogen and oxygen atoms in total. The average Bonchev–Trinajstić information content (AvgIpc) is 3.23. The van der Waals surface area contributed by atoms with Gasteiger partial charge in [0.15, 0.2) is 11.5 Å². The first-order chi connectivity index (χ1) is 9.54. The molecule has 0 radical (unpaired) electrons. The minimum Gasteiger partial charge on any atom is -0.504 e. The van der Waals surface area contributed by atoms with Gasteiger partial charge in [-0.15, -0.1) is 0 Å². The lowest BCUT2D eigenvalue weighted by atomic mass is 10.1. The van der Waals surface area contributed by atoms with Crippen LogP contribution < -0.4 is 4.74 Å². The van der Waals surface area contributed by atoms with Crippen molar-refractivity contribution in [3.63, 3.8) is 0 Å². The first kappa shape index (κ1) is 14.2. The van der Waals surface area contributed by atoms with E-state index in [1.807, 2.05) is 0 Å². The molecule has 1 saturated carbocycles. The maximum atomic E-state index is 12.4. The minimum absolute atomic E-state index is 0.0763. The summed E-state index contributed by atoms with van der Waals surface area (Å²) in [6, 6.07) is 4.77. The van der Waals surface area contributed by atoms with Gasteiger partial charge < -0.3 is 19.8 Å². The quantitative estimate of drug-likeness (QED) is 0.823. The zero-order chi connectivity index (χ0) is 14.7. The van der Waals surface area contributed by atoms with Crippen molar-refractivity contribution < 1.29 is 24.5 Å². The number of hydrogen-bond donors (Lipinski definition) is 2. The molecule has 0 aromatic heterocycles. The Morgan fingerprint density at radius 1 is 1.40 bits per heavy atom. The van der Waals surface area contributed by atoms with Crippen LogP contribution in [0.4, 0.5) is 0 Å². The van der Waals surface area contributed by atoms with Crippen molar-refractivity contribution in [2.75, 3.05) is 13.7 Å². The van der Waals surface area contributed by atoms with Gasteiger partial charge in [-0.1, -0.05) is 6.07 Å². The lowest BCUT2D eigenvalue weighted by Crippen LogP contribution is -2.35. The molecular weight excluding hydrogens is 262 g/mol. The molecule has 1 aromatic carbocycles. The van der Waals surface area contributed by atoms with Gasteiger partial charge in [0.1, 0.15) is 0 Å². The topological polar surface area (TPSA) is 87.1 Å². The first-order valence-electron chi connectivity index (χ1n) is 6.43. The summed E-state index contributed by atoms with van der Waals surface area (Å²) >= 11 is 0. The van der Waals surface area contributed by atoms with Gasteiger partial charge in [0, 0.05) is 12.6 Å². The van der Waals surface area contributed by atoms with Gasteiger partial charge in [-0.25, -0.2) is 0 Å². The van der Waals surface area contributed by atoms with E-state index in [1.165, 1.54) is 18.1 Å². The van der Waals surface area contributed by atoms with E-state index in [4.69, 9.17) is 9.84 Å². The molecule has 20 heavy (non-hydrogen) atoms. The Bertz CT molecular complexity index is 524. The number of aliphatic carboxylic acids is 1. The number of phenolic OH excluding ortho intramolecular Hbond substituents is 1. The Morgan fingerprint density at radius 2 is 2.10 bits per heavy atom. The monoisotopic (exact) mass is 279 g/mol. The Hall–Kier alpha value is -2.24. The van der Waals surface area contributed by atoms with E-state index in [2.05, 4.69) is 0 Å². The van der Waals surface area contributed by atoms with Crippen molar-refractivity contribution in [3.05, 3.63) is 23.8 Å². The van der Waals surface area contributed by atoms with Crippen molar-refractivity contribution in [3.8, 4) is 11.5 Å². The fourth-order valence-corrected chi connectivity index (χ4v) is 2.07. The Labute approximate surface area is 116 Å². The van der Waals surface area contributed by atoms with E-state index < -0.39 is 5.97 Å². The second-order valence-electron chi connectivity index (χ2n) is 4.73. The van der Waals surface area contributed by atoms with Crippen LogP contribution in [0.3, 0.4) is 0 Å². The summed E-state index contributed by atoms with van der Waals surface area (Å²) in [5.41, 5.74) is 0.140. The predicted octanol–water partition coefficient (Wildman–Crippen LogP) is 1.48. The highest BCUT2D eigenvalue weighted by Crippen LogP contribution is 2.33. The number of phenols is 1. The Morgan fingerprint density at radius 3 is 2.65 bits per heavy atom. The number of carbonyl (C=O) groups is 2. The molecule has 0 unspecified atom stereocenters. The highest BCUT2D eigenvalue weighted by Gasteiger charge is 2.34. The van der Waals surface area contributed by atoms with E-state index >= 15 is 0 Å². The number of carbonyl (C=O) groups excluding carboxylic acids is 1. The number of nitrogens with zero attached hydrogens (tertiary/aromatic N) is 1. The first-order valence-corrected chi connectivity index (χ1v) is 6.43. The molecule has 0 bridgehead atoms. The van der Waals surface area contributed by atoms with Crippen LogP contribution in [0, 0.1) is 0 Å². The molecule has 6 heteroatoms. The minimum atomic E-state index is -0.946. The van der Waals surface area contributed by atoms with E-state index in [0.717, 1.165) is 12.8 Å². The molecule has 1 fully saturated rings. The van der Waals surface area contributed by atoms with E-state index in [0.29, 0.717) is 0 Å². The number of rotatable bonds is 6. The summed E-state index contributed by atoms with van der Waals surface area (Å²) in [6.45, 7) is 0.148. The standard InChI is InChI=1S/C14H17NO5/c1-20-11-4-2-3-10(13(11)18)14(19)15(9-5-6-9)8-7-12(16)17/h2-4,9,18H,5-8H2,1H3,(H,16,17). The van der Waals surface area contributed by atoms with Crippen molar-refractivity contribution in [2.45, 2.75) is 25.3 Å². The van der Waals surface area contributed by atoms with Gasteiger partial charge in [-0.2, -0.15) is 0 Å². The van der Waals surface area contributed by atoms with Gasteiger partial charge in [-0.3, -0.25) is 9.59 Å². The van der Waals surface area contributed by atoms with Gasteiger partial charge in [-0.05, 0) is 25.0 Å². The molecule has 2 rings (SSSR count). The summed E-state index contributed by atoms with van der Waals surface area (Å²) in [5.74, 6) is -1.28. The smallest absolute Gasteiger partial charge is 0.305 e. The summed E-state index contributed by atoms with van der Waals surface area (Å²) in [4.78, 5) is 24.6. The normalized spacial score (nSPS) is 13.8. The molecule has 0 saturated heterocycles. The second-order valence-corrected chi connectivity index (χ2v) is 4.73. The van der Waals surface area contributed by atoms with Crippen LogP contribution in [0.15, 0.2) is 18.2 Å². The molecule has 0 heterocycles. The molecule has 1 aliphatic carbocycles. The van der Waals surface area contributed by atoms with E-state index in [1.54, 1.807) is 12.1 Å². The molecule has 1 aromatic rings. The lowest BCUT2D eigenvalue weighted by Gasteiger charge is -2.22. The zero-order valence-electron chi connectivity index (χ0n) is 11.2. The molecule has 0 aliphatic heterocycles. The number of benzene rings is 1. The van der Waals surface area contributed by atoms with Crippen molar-refractivity contribution in [2.24, 2.45) is 0 Å². The van der Waals surface area contributed by atoms with Crippen LogP contribution in [-0.2, 0) is 4.79 Å². The van der Waals surface area contributed by atoms with Crippen molar-refractivity contribution >= 4 is 11.9 Å². The number of carboxylic acid groups (broad SMARTS) is 1. The third-order valence-electron chi connectivity index (χ3n) is 3.26. The number of aromatic hydroxyl groups is 1. The van der Waals surface area contributed by atoms with E-state index in [-0.39, 0.29) is 42.0 Å². The lowest BCUT2D eigenvalue weighted by molar-refractivity contribution is -0.137. The molecule has 0 atom stereocenters. The second kappa shape index (κ2) is 5.81. The van der Waals surface area contributed by atoms with Crippen LogP contribution in [0.1, 0.15) is 29.6 Å². The van der Waals surface area contributed by atoms with Crippen LogP contribution in [0.5, 0.6) is 11.5 Å². The van der Waals surface area contributed by atoms with Crippen LogP contribution in [-0.4, -0.2) is 46.7 Å². The van der Waals surface area contributed by atoms with E-state index in [9.17, 15) is 14.7 Å². The van der Waals surface area contributed by atoms with Crippen LogP contribution >= 0.6 is 0 Å². The van der Waals surface area contributed by atoms with Gasteiger partial charge in [0.2, 0.25) is 0 Å². The molecular formula is C14H17NO5. The van der Waals surface area contributed by atoms with Gasteiger partial charge >= 0.3 is 5.97 Å². The number of ether oxygens (including phenoxy) is 1. The number of methoxy groups -OCH3 is 1. The van der Waals surface area contributed by atoms with Crippen LogP contribution in [0.2, 0.25) is 0 Å². The average molecular weight is 279 g/mol. The summed E-state index contributed by atoms with van der Waals surface area (Å²) in [6.07, 6.45) is 1.64. The number of hydrogen-bond acceptors (Lipinski definition) is 4. The molecule has 1 amide bonds. The molecule has 2 N–H and O–H groups in total. The summed E-state index contributed by atoms with van der Waals surface area (Å²) < 4.78 is 4.97. The number of amides is 1. The summed E-state index contributed by atoms with van der Waals surface area (Å²) in [7, 11) is 1.41. The Balaban J connectivity index is 2.21. The number of para-hydroxylation sites is 1. The van der Waals surface area contributed by atoms with Crippen molar-refractivity contribution in [1.29, 1.82) is 0 Å². The highest BCUT2D eigenvalue weighted by atomic mass is 16.5. The zero-order valence-corrected chi connectivity index (χ0v) is 11.2. The van der Waals surface area contributed by atoms with Crippen molar-refractivity contribution in [1.82, 2.24) is 4.90 Å². The molecule has 0 spiro atoms. The number of carboxylic acids is 1. The molecule has 1 aliphatic rings. The maximum absolute atomic E-state index is 12.4. The van der Waals surface area contributed by atoms with Crippen LogP contribution in [0.25, 0.3) is 0 Å². The fourth-order valence-electron chi connectivity index (χ4n) is 2.07. The summed E-state index contributed by atoms with van der Waals surface area (Å²) in [5, 5.41) is 18.7. The van der Waals surface area contributed by atoms with Gasteiger partial charge in [0.05, 0.1) is 19.1 Å². The Kier molecular flexibility index (Phi) is 4.12. The largest absolute Gasteiger partial charge is 0.504 e. The highest BCUT2D eigenvalue weighted by molar-refractivity contribution is 5.98. The third kappa shape index (κ3) is 3.01.